The Hall–Kier alpha value is -2.81. The van der Waals surface area contributed by atoms with Gasteiger partial charge >= 0.3 is 0 Å². The van der Waals surface area contributed by atoms with Gasteiger partial charge < -0.3 is 9.42 Å². The fourth-order valence-corrected chi connectivity index (χ4v) is 3.26. The number of aromatic nitrogens is 6. The van der Waals surface area contributed by atoms with Crippen LogP contribution in [0.2, 0.25) is 0 Å². The smallest absolute Gasteiger partial charge is 0.183 e. The fraction of sp³-hybridized carbons (Fsp3) is 0.267. The molecule has 0 fully saturated rings. The van der Waals surface area contributed by atoms with Crippen molar-refractivity contribution in [3.63, 3.8) is 0 Å². The molecule has 0 N–H and O–H groups in total. The lowest BCUT2D eigenvalue weighted by atomic mass is 10.2. The third-order valence-electron chi connectivity index (χ3n) is 3.81. The van der Waals surface area contributed by atoms with E-state index in [9.17, 15) is 0 Å². The predicted molar refractivity (Wildman–Crippen MR) is 89.5 cm³/mol. The van der Waals surface area contributed by atoms with Crippen LogP contribution in [0.4, 0.5) is 5.82 Å². The van der Waals surface area contributed by atoms with Gasteiger partial charge in [0.15, 0.2) is 17.0 Å². The topological polar surface area (TPSA) is 85.8 Å². The highest BCUT2D eigenvalue weighted by Crippen LogP contribution is 2.25. The maximum Gasteiger partial charge on any atom is 0.183 e. The predicted octanol–water partition coefficient (Wildman–Crippen LogP) is 2.32. The second-order valence-corrected chi connectivity index (χ2v) is 6.48. The highest BCUT2D eigenvalue weighted by molar-refractivity contribution is 7.09. The monoisotopic (exact) mass is 341 g/mol. The van der Waals surface area contributed by atoms with E-state index in [2.05, 4.69) is 41.8 Å². The van der Waals surface area contributed by atoms with E-state index in [0.29, 0.717) is 24.3 Å². The Balaban J connectivity index is 1.77. The molecule has 122 valence electrons. The van der Waals surface area contributed by atoms with E-state index in [1.54, 1.807) is 28.6 Å². The van der Waals surface area contributed by atoms with Gasteiger partial charge in [0.25, 0.3) is 0 Å². The molecule has 0 saturated carbocycles. The third kappa shape index (κ3) is 2.62. The van der Waals surface area contributed by atoms with Gasteiger partial charge in [0.1, 0.15) is 12.6 Å². The number of fused-ring (bicyclic) bond motifs is 1. The molecule has 0 aliphatic carbocycles. The average molecular weight is 341 g/mol. The van der Waals surface area contributed by atoms with Crippen LogP contribution in [0.25, 0.3) is 11.2 Å². The van der Waals surface area contributed by atoms with E-state index in [-0.39, 0.29) is 0 Å². The summed E-state index contributed by atoms with van der Waals surface area (Å²) in [7, 11) is 1.82. The molecule has 4 rings (SSSR count). The van der Waals surface area contributed by atoms with Crippen LogP contribution in [0.15, 0.2) is 34.6 Å². The lowest BCUT2D eigenvalue weighted by molar-refractivity contribution is 0.414. The quantitative estimate of drug-likeness (QED) is 0.550. The molecule has 0 spiro atoms. The van der Waals surface area contributed by atoms with Gasteiger partial charge in [0.05, 0.1) is 12.2 Å². The first-order valence-electron chi connectivity index (χ1n) is 7.40. The van der Waals surface area contributed by atoms with Gasteiger partial charge in [0, 0.05) is 24.0 Å². The molecule has 24 heavy (non-hydrogen) atoms. The van der Waals surface area contributed by atoms with Crippen molar-refractivity contribution in [2.45, 2.75) is 20.0 Å². The summed E-state index contributed by atoms with van der Waals surface area (Å²) in [6.45, 7) is 3.26. The number of aryl methyl sites for hydroxylation is 2. The first-order chi connectivity index (χ1) is 11.7. The van der Waals surface area contributed by atoms with Crippen LogP contribution in [0.1, 0.15) is 16.1 Å². The molecule has 0 bridgehead atoms. The highest BCUT2D eigenvalue weighted by Gasteiger charge is 2.19. The van der Waals surface area contributed by atoms with Crippen molar-refractivity contribution in [1.82, 2.24) is 30.1 Å². The summed E-state index contributed by atoms with van der Waals surface area (Å²) < 4.78 is 6.72. The summed E-state index contributed by atoms with van der Waals surface area (Å²) in [4.78, 5) is 12.1. The molecule has 0 radical (unpaired) electrons. The Kier molecular flexibility index (Phi) is 3.69. The van der Waals surface area contributed by atoms with E-state index in [4.69, 9.17) is 4.52 Å². The first-order valence-corrected chi connectivity index (χ1v) is 8.28. The van der Waals surface area contributed by atoms with Crippen molar-refractivity contribution in [3.05, 3.63) is 46.2 Å². The van der Waals surface area contributed by atoms with Gasteiger partial charge in [-0.05, 0) is 18.4 Å². The van der Waals surface area contributed by atoms with Gasteiger partial charge in [-0.1, -0.05) is 16.4 Å². The van der Waals surface area contributed by atoms with Crippen molar-refractivity contribution in [2.24, 2.45) is 7.05 Å². The summed E-state index contributed by atoms with van der Waals surface area (Å²) in [5, 5.41) is 14.3. The molecule has 0 aliphatic heterocycles. The van der Waals surface area contributed by atoms with E-state index >= 15 is 0 Å². The molecule has 0 atom stereocenters. The average Bonchev–Trinajstić information content (AvgIpc) is 3.31. The van der Waals surface area contributed by atoms with E-state index in [0.717, 1.165) is 17.1 Å². The number of rotatable bonds is 5. The molecule has 0 unspecified atom stereocenters. The molecule has 0 amide bonds. The second kappa shape index (κ2) is 6.00. The Morgan fingerprint density at radius 1 is 1.29 bits per heavy atom. The summed E-state index contributed by atoms with van der Waals surface area (Å²) >= 11 is 1.71. The molecule has 0 saturated heterocycles. The lowest BCUT2D eigenvalue weighted by Gasteiger charge is -2.22. The minimum absolute atomic E-state index is 0.621. The van der Waals surface area contributed by atoms with Gasteiger partial charge in [-0.2, -0.15) is 0 Å². The van der Waals surface area contributed by atoms with E-state index < -0.39 is 0 Å². The normalized spacial score (nSPS) is 11.2. The minimum atomic E-state index is 0.621. The van der Waals surface area contributed by atoms with Crippen LogP contribution in [0.5, 0.6) is 0 Å². The molecule has 4 aromatic heterocycles. The maximum atomic E-state index is 5.07. The van der Waals surface area contributed by atoms with Crippen LogP contribution in [-0.2, 0) is 20.1 Å². The summed E-state index contributed by atoms with van der Waals surface area (Å²) in [6, 6.07) is 4.15. The molecule has 4 heterocycles. The Bertz CT molecular complexity index is 959. The molecule has 0 aliphatic rings. The number of nitrogens with zero attached hydrogens (tertiary/aromatic N) is 7. The second-order valence-electron chi connectivity index (χ2n) is 5.44. The molecular formula is C15H15N7OS. The number of anilines is 1. The standard InChI is InChI=1S/C15H15N7OS/c1-10-11(8-23-19-10)6-22(7-12-4-3-5-24-12)15-13-14(16-9-17-15)21(2)20-18-13/h3-5,8-9H,6-7H2,1-2H3. The van der Waals surface area contributed by atoms with Crippen LogP contribution in [-0.4, -0.2) is 30.1 Å². The largest absolute Gasteiger partial charge is 0.364 e. The van der Waals surface area contributed by atoms with E-state index in [1.165, 1.54) is 4.88 Å². The Morgan fingerprint density at radius 2 is 2.21 bits per heavy atom. The molecule has 4 aromatic rings. The van der Waals surface area contributed by atoms with Crippen LogP contribution < -0.4 is 4.90 Å². The van der Waals surface area contributed by atoms with Gasteiger partial charge in [-0.3, -0.25) is 0 Å². The van der Waals surface area contributed by atoms with Crippen molar-refractivity contribution < 1.29 is 4.52 Å². The molecule has 9 heteroatoms. The third-order valence-corrected chi connectivity index (χ3v) is 4.67. The van der Waals surface area contributed by atoms with E-state index in [1.807, 2.05) is 20.0 Å². The van der Waals surface area contributed by atoms with Crippen molar-refractivity contribution in [3.8, 4) is 0 Å². The SMILES string of the molecule is Cc1nocc1CN(Cc1cccs1)c1ncnc2c1nnn2C. The van der Waals surface area contributed by atoms with Crippen molar-refractivity contribution in [1.29, 1.82) is 0 Å². The van der Waals surface area contributed by atoms with Gasteiger partial charge in [-0.15, -0.1) is 16.4 Å². The van der Waals surface area contributed by atoms with Gasteiger partial charge in [-0.25, -0.2) is 14.6 Å². The summed E-state index contributed by atoms with van der Waals surface area (Å²) in [6.07, 6.45) is 3.22. The van der Waals surface area contributed by atoms with Crippen molar-refractivity contribution >= 4 is 28.3 Å². The van der Waals surface area contributed by atoms with Crippen LogP contribution in [0.3, 0.4) is 0 Å². The maximum absolute atomic E-state index is 5.07. The molecular weight excluding hydrogens is 326 g/mol. The molecule has 8 nitrogen and oxygen atoms in total. The number of hydrogen-bond acceptors (Lipinski definition) is 8. The summed E-state index contributed by atoms with van der Waals surface area (Å²) in [5.41, 5.74) is 3.28. The zero-order valence-corrected chi connectivity index (χ0v) is 14.1. The number of hydrogen-bond donors (Lipinski definition) is 0. The van der Waals surface area contributed by atoms with Crippen molar-refractivity contribution in [2.75, 3.05) is 4.90 Å². The minimum Gasteiger partial charge on any atom is -0.364 e. The number of thiophene rings is 1. The Morgan fingerprint density at radius 3 is 2.96 bits per heavy atom. The lowest BCUT2D eigenvalue weighted by Crippen LogP contribution is -2.23. The zero-order valence-electron chi connectivity index (χ0n) is 13.2. The molecule has 0 aromatic carbocycles. The first kappa shape index (κ1) is 14.8. The van der Waals surface area contributed by atoms with Crippen LogP contribution in [0, 0.1) is 6.92 Å². The highest BCUT2D eigenvalue weighted by atomic mass is 32.1. The summed E-state index contributed by atoms with van der Waals surface area (Å²) in [5.74, 6) is 0.752. The van der Waals surface area contributed by atoms with Crippen LogP contribution >= 0.6 is 11.3 Å². The van der Waals surface area contributed by atoms with Gasteiger partial charge in [0.2, 0.25) is 0 Å². The fourth-order valence-electron chi connectivity index (χ4n) is 2.54. The Labute approximate surface area is 141 Å². The zero-order chi connectivity index (χ0) is 16.5.